The van der Waals surface area contributed by atoms with Gasteiger partial charge >= 0.3 is 5.97 Å². The lowest BCUT2D eigenvalue weighted by atomic mass is 10.1. The van der Waals surface area contributed by atoms with Gasteiger partial charge in [-0.25, -0.2) is 9.78 Å². The molecule has 7 heteroatoms. The highest BCUT2D eigenvalue weighted by Crippen LogP contribution is 2.32. The molecule has 0 unspecified atom stereocenters. The minimum absolute atomic E-state index is 0.0789. The van der Waals surface area contributed by atoms with Gasteiger partial charge in [-0.2, -0.15) is 0 Å². The zero-order chi connectivity index (χ0) is 17.1. The Labute approximate surface area is 144 Å². The fourth-order valence-corrected chi connectivity index (χ4v) is 3.22. The van der Waals surface area contributed by atoms with Crippen LogP contribution in [0, 0.1) is 0 Å². The van der Waals surface area contributed by atoms with Gasteiger partial charge in [0, 0.05) is 11.4 Å². The van der Waals surface area contributed by atoms with E-state index >= 15 is 0 Å². The molecule has 0 N–H and O–H groups in total. The molecule has 1 aliphatic carbocycles. The maximum Gasteiger partial charge on any atom is 0.357 e. The molecule has 2 aromatic rings. The number of hydrogen-bond donors (Lipinski definition) is 0. The molecule has 0 spiro atoms. The van der Waals surface area contributed by atoms with Gasteiger partial charge in [0.2, 0.25) is 0 Å². The number of amides is 1. The molecule has 0 aliphatic heterocycles. The number of esters is 1. The molecule has 0 radical (unpaired) electrons. The Kier molecular flexibility index (Phi) is 4.80. The molecule has 0 bridgehead atoms. The average molecular weight is 346 g/mol. The Morgan fingerprint density at radius 1 is 1.29 bits per heavy atom. The first kappa shape index (κ1) is 16.4. The van der Waals surface area contributed by atoms with Gasteiger partial charge in [0.05, 0.1) is 26.3 Å². The van der Waals surface area contributed by atoms with Crippen molar-refractivity contribution in [3.05, 3.63) is 45.9 Å². The Hall–Kier alpha value is -2.41. The van der Waals surface area contributed by atoms with Crippen molar-refractivity contribution in [1.29, 1.82) is 0 Å². The standard InChI is InChI=1S/C17H18N2O4S/c1-22-14-6-4-3-5-12(14)16(20)19(11-7-8-11)9-15-18-13(10-24-15)17(21)23-2/h3-6,10-11H,7-9H2,1-2H3. The first-order chi connectivity index (χ1) is 11.6. The van der Waals surface area contributed by atoms with E-state index in [2.05, 4.69) is 9.72 Å². The van der Waals surface area contributed by atoms with Gasteiger partial charge in [0.25, 0.3) is 5.91 Å². The first-order valence-corrected chi connectivity index (χ1v) is 8.48. The van der Waals surface area contributed by atoms with Gasteiger partial charge in [0.15, 0.2) is 5.69 Å². The number of nitrogens with zero attached hydrogens (tertiary/aromatic N) is 2. The molecule has 0 atom stereocenters. The fraction of sp³-hybridized carbons (Fsp3) is 0.353. The van der Waals surface area contributed by atoms with Crippen molar-refractivity contribution in [3.8, 4) is 5.75 Å². The van der Waals surface area contributed by atoms with Crippen molar-refractivity contribution in [2.24, 2.45) is 0 Å². The van der Waals surface area contributed by atoms with Crippen molar-refractivity contribution in [2.45, 2.75) is 25.4 Å². The smallest absolute Gasteiger partial charge is 0.357 e. The van der Waals surface area contributed by atoms with Crippen LogP contribution in [0.25, 0.3) is 0 Å². The molecule has 1 fully saturated rings. The Balaban J connectivity index is 1.81. The Morgan fingerprint density at radius 3 is 2.71 bits per heavy atom. The van der Waals surface area contributed by atoms with E-state index in [-0.39, 0.29) is 17.6 Å². The van der Waals surface area contributed by atoms with E-state index in [4.69, 9.17) is 4.74 Å². The summed E-state index contributed by atoms with van der Waals surface area (Å²) < 4.78 is 9.96. The lowest BCUT2D eigenvalue weighted by Gasteiger charge is -2.22. The van der Waals surface area contributed by atoms with Crippen molar-refractivity contribution in [3.63, 3.8) is 0 Å². The van der Waals surface area contributed by atoms with Gasteiger partial charge in [-0.3, -0.25) is 4.79 Å². The molecule has 3 rings (SSSR count). The number of para-hydroxylation sites is 1. The summed E-state index contributed by atoms with van der Waals surface area (Å²) in [6, 6.07) is 7.41. The molecule has 1 saturated carbocycles. The van der Waals surface area contributed by atoms with E-state index < -0.39 is 5.97 Å². The summed E-state index contributed by atoms with van der Waals surface area (Å²) in [6.45, 7) is 0.378. The lowest BCUT2D eigenvalue weighted by Crippen LogP contribution is -2.32. The summed E-state index contributed by atoms with van der Waals surface area (Å²) in [6.07, 6.45) is 1.96. The monoisotopic (exact) mass is 346 g/mol. The number of aromatic nitrogens is 1. The van der Waals surface area contributed by atoms with Crippen LogP contribution in [0.5, 0.6) is 5.75 Å². The second kappa shape index (κ2) is 7.00. The van der Waals surface area contributed by atoms with Crippen LogP contribution in [0.15, 0.2) is 29.6 Å². The highest BCUT2D eigenvalue weighted by molar-refractivity contribution is 7.09. The number of methoxy groups -OCH3 is 2. The average Bonchev–Trinajstić information content (AvgIpc) is 3.36. The number of benzene rings is 1. The largest absolute Gasteiger partial charge is 0.496 e. The molecule has 24 heavy (non-hydrogen) atoms. The van der Waals surface area contributed by atoms with Crippen LogP contribution in [0.2, 0.25) is 0 Å². The SMILES string of the molecule is COC(=O)c1csc(CN(C(=O)c2ccccc2OC)C2CC2)n1. The van der Waals surface area contributed by atoms with E-state index in [1.165, 1.54) is 18.4 Å². The molecule has 1 aliphatic rings. The molecular weight excluding hydrogens is 328 g/mol. The molecule has 6 nitrogen and oxygen atoms in total. The van der Waals surface area contributed by atoms with Crippen molar-refractivity contribution in [2.75, 3.05) is 14.2 Å². The van der Waals surface area contributed by atoms with Gasteiger partial charge in [-0.15, -0.1) is 11.3 Å². The van der Waals surface area contributed by atoms with Crippen LogP contribution in [0.4, 0.5) is 0 Å². The summed E-state index contributed by atoms with van der Waals surface area (Å²) >= 11 is 1.35. The molecule has 0 saturated heterocycles. The summed E-state index contributed by atoms with van der Waals surface area (Å²) in [5, 5.41) is 2.37. The normalized spacial score (nSPS) is 13.4. The molecule has 126 valence electrons. The first-order valence-electron chi connectivity index (χ1n) is 7.60. The van der Waals surface area contributed by atoms with Crippen LogP contribution in [0.1, 0.15) is 38.7 Å². The van der Waals surface area contributed by atoms with E-state index in [0.717, 1.165) is 12.8 Å². The summed E-state index contributed by atoms with van der Waals surface area (Å²) in [5.74, 6) is 0.0128. The Bertz CT molecular complexity index is 755. The minimum atomic E-state index is -0.466. The van der Waals surface area contributed by atoms with Crippen LogP contribution in [0.3, 0.4) is 0 Å². The second-order valence-electron chi connectivity index (χ2n) is 5.48. The molecule has 1 amide bonds. The number of carbonyl (C=O) groups excluding carboxylic acids is 2. The predicted octanol–water partition coefficient (Wildman–Crippen LogP) is 2.74. The summed E-state index contributed by atoms with van der Waals surface area (Å²) in [5.41, 5.74) is 0.814. The van der Waals surface area contributed by atoms with Crippen LogP contribution >= 0.6 is 11.3 Å². The highest BCUT2D eigenvalue weighted by Gasteiger charge is 2.34. The van der Waals surface area contributed by atoms with Gasteiger partial charge in [-0.05, 0) is 25.0 Å². The number of ether oxygens (including phenoxy) is 2. The van der Waals surface area contributed by atoms with E-state index in [1.54, 1.807) is 29.5 Å². The number of hydrogen-bond acceptors (Lipinski definition) is 6. The quantitative estimate of drug-likeness (QED) is 0.752. The number of thiazole rings is 1. The fourth-order valence-electron chi connectivity index (χ4n) is 2.46. The van der Waals surface area contributed by atoms with Gasteiger partial charge < -0.3 is 14.4 Å². The highest BCUT2D eigenvalue weighted by atomic mass is 32.1. The third kappa shape index (κ3) is 3.41. The van der Waals surface area contributed by atoms with Crippen molar-refractivity contribution in [1.82, 2.24) is 9.88 Å². The molecule has 1 aromatic heterocycles. The zero-order valence-corrected chi connectivity index (χ0v) is 14.3. The maximum atomic E-state index is 12.9. The molecule has 1 heterocycles. The topological polar surface area (TPSA) is 68.7 Å². The van der Waals surface area contributed by atoms with E-state index in [1.807, 2.05) is 12.1 Å². The van der Waals surface area contributed by atoms with Gasteiger partial charge in [0.1, 0.15) is 10.8 Å². The van der Waals surface area contributed by atoms with Crippen molar-refractivity contribution < 1.29 is 19.1 Å². The Morgan fingerprint density at radius 2 is 2.04 bits per heavy atom. The summed E-state index contributed by atoms with van der Waals surface area (Å²) in [7, 11) is 2.88. The van der Waals surface area contributed by atoms with Crippen molar-refractivity contribution >= 4 is 23.2 Å². The van der Waals surface area contributed by atoms with E-state index in [0.29, 0.717) is 22.9 Å². The number of carbonyl (C=O) groups is 2. The molecular formula is C17H18N2O4S. The van der Waals surface area contributed by atoms with Crippen LogP contribution in [-0.2, 0) is 11.3 Å². The third-order valence-electron chi connectivity index (χ3n) is 3.84. The zero-order valence-electron chi connectivity index (χ0n) is 13.5. The summed E-state index contributed by atoms with van der Waals surface area (Å²) in [4.78, 5) is 30.5. The predicted molar refractivity (Wildman–Crippen MR) is 89.3 cm³/mol. The minimum Gasteiger partial charge on any atom is -0.496 e. The number of rotatable bonds is 6. The lowest BCUT2D eigenvalue weighted by molar-refractivity contribution is 0.0594. The van der Waals surface area contributed by atoms with E-state index in [9.17, 15) is 9.59 Å². The maximum absolute atomic E-state index is 12.9. The third-order valence-corrected chi connectivity index (χ3v) is 4.67. The van der Waals surface area contributed by atoms with Crippen LogP contribution in [-0.4, -0.2) is 42.0 Å². The second-order valence-corrected chi connectivity index (χ2v) is 6.43. The molecule has 1 aromatic carbocycles. The van der Waals surface area contributed by atoms with Crippen LogP contribution < -0.4 is 4.74 Å². The van der Waals surface area contributed by atoms with Gasteiger partial charge in [-0.1, -0.05) is 12.1 Å².